The number of hydrogen-bond acceptors (Lipinski definition) is 2. The zero-order valence-electron chi connectivity index (χ0n) is 8.05. The molecular formula is C11H7ClFIN2. The van der Waals surface area contributed by atoms with Crippen molar-refractivity contribution < 1.29 is 4.39 Å². The Morgan fingerprint density at radius 1 is 1.25 bits per heavy atom. The monoisotopic (exact) mass is 348 g/mol. The van der Waals surface area contributed by atoms with Crippen molar-refractivity contribution in [1.29, 1.82) is 0 Å². The SMILES string of the molecule is Fc1cc(Nc2ccc(I)cc2Cl)ccn1. The first-order chi connectivity index (χ1) is 7.65. The lowest BCUT2D eigenvalue weighted by atomic mass is 10.3. The van der Waals surface area contributed by atoms with Crippen LogP contribution in [0.4, 0.5) is 15.8 Å². The first-order valence-electron chi connectivity index (χ1n) is 4.49. The Labute approximate surface area is 111 Å². The number of rotatable bonds is 2. The summed E-state index contributed by atoms with van der Waals surface area (Å²) >= 11 is 8.22. The summed E-state index contributed by atoms with van der Waals surface area (Å²) in [7, 11) is 0. The lowest BCUT2D eigenvalue weighted by Gasteiger charge is -2.08. The van der Waals surface area contributed by atoms with Gasteiger partial charge in [-0.3, -0.25) is 0 Å². The molecule has 0 spiro atoms. The Morgan fingerprint density at radius 2 is 2.06 bits per heavy atom. The molecule has 0 aliphatic heterocycles. The molecule has 2 aromatic rings. The molecule has 0 bridgehead atoms. The summed E-state index contributed by atoms with van der Waals surface area (Å²) in [5.74, 6) is -0.522. The minimum atomic E-state index is -0.522. The minimum absolute atomic E-state index is 0.522. The molecule has 0 unspecified atom stereocenters. The van der Waals surface area contributed by atoms with E-state index in [2.05, 4.69) is 32.9 Å². The second kappa shape index (κ2) is 4.97. The van der Waals surface area contributed by atoms with Crippen LogP contribution >= 0.6 is 34.2 Å². The van der Waals surface area contributed by atoms with Crippen LogP contribution in [0.1, 0.15) is 0 Å². The molecule has 5 heteroatoms. The highest BCUT2D eigenvalue weighted by Crippen LogP contribution is 2.26. The van der Waals surface area contributed by atoms with Gasteiger partial charge in [-0.05, 0) is 46.9 Å². The molecule has 0 fully saturated rings. The molecule has 0 amide bonds. The molecule has 0 saturated heterocycles. The Hall–Kier alpha value is -0.880. The Kier molecular flexibility index (Phi) is 3.60. The Balaban J connectivity index is 2.27. The zero-order chi connectivity index (χ0) is 11.5. The van der Waals surface area contributed by atoms with E-state index in [1.165, 1.54) is 12.3 Å². The normalized spacial score (nSPS) is 10.2. The second-order valence-electron chi connectivity index (χ2n) is 3.12. The van der Waals surface area contributed by atoms with Crippen LogP contribution in [0.5, 0.6) is 0 Å². The van der Waals surface area contributed by atoms with Gasteiger partial charge >= 0.3 is 0 Å². The molecule has 1 N–H and O–H groups in total. The van der Waals surface area contributed by atoms with Gasteiger partial charge in [0.05, 0.1) is 10.7 Å². The summed E-state index contributed by atoms with van der Waals surface area (Å²) in [6, 6.07) is 8.60. The van der Waals surface area contributed by atoms with Gasteiger partial charge in [0.2, 0.25) is 5.95 Å². The van der Waals surface area contributed by atoms with Crippen LogP contribution in [0.2, 0.25) is 5.02 Å². The molecule has 1 heterocycles. The van der Waals surface area contributed by atoms with Crippen LogP contribution in [-0.4, -0.2) is 4.98 Å². The van der Waals surface area contributed by atoms with E-state index in [9.17, 15) is 4.39 Å². The van der Waals surface area contributed by atoms with Gasteiger partial charge in [-0.25, -0.2) is 4.98 Å². The fourth-order valence-electron chi connectivity index (χ4n) is 1.23. The average Bonchev–Trinajstić information content (AvgIpc) is 2.22. The van der Waals surface area contributed by atoms with E-state index >= 15 is 0 Å². The van der Waals surface area contributed by atoms with Crippen molar-refractivity contribution in [2.75, 3.05) is 5.32 Å². The first kappa shape index (κ1) is 11.6. The average molecular weight is 349 g/mol. The van der Waals surface area contributed by atoms with Gasteiger partial charge in [0, 0.05) is 21.5 Å². The number of benzene rings is 1. The van der Waals surface area contributed by atoms with Crippen molar-refractivity contribution in [3.05, 3.63) is 51.1 Å². The van der Waals surface area contributed by atoms with Crippen LogP contribution < -0.4 is 5.32 Å². The minimum Gasteiger partial charge on any atom is -0.354 e. The van der Waals surface area contributed by atoms with Crippen LogP contribution in [0, 0.1) is 9.52 Å². The highest BCUT2D eigenvalue weighted by Gasteiger charge is 2.02. The van der Waals surface area contributed by atoms with Gasteiger partial charge in [-0.2, -0.15) is 4.39 Å². The van der Waals surface area contributed by atoms with E-state index in [0.29, 0.717) is 10.7 Å². The predicted molar refractivity (Wildman–Crippen MR) is 71.6 cm³/mol. The second-order valence-corrected chi connectivity index (χ2v) is 4.77. The van der Waals surface area contributed by atoms with Crippen LogP contribution in [0.3, 0.4) is 0 Å². The Morgan fingerprint density at radius 3 is 2.75 bits per heavy atom. The standard InChI is InChI=1S/C11H7ClFIN2/c12-9-5-7(14)1-2-10(9)16-8-3-4-15-11(13)6-8/h1-6H,(H,15,16). The van der Waals surface area contributed by atoms with Crippen LogP contribution in [-0.2, 0) is 0 Å². The molecule has 82 valence electrons. The van der Waals surface area contributed by atoms with Gasteiger partial charge in [0.1, 0.15) is 0 Å². The van der Waals surface area contributed by atoms with Crippen molar-refractivity contribution in [2.45, 2.75) is 0 Å². The van der Waals surface area contributed by atoms with Gasteiger partial charge < -0.3 is 5.32 Å². The number of nitrogens with zero attached hydrogens (tertiary/aromatic N) is 1. The maximum atomic E-state index is 12.8. The number of anilines is 2. The smallest absolute Gasteiger partial charge is 0.214 e. The van der Waals surface area contributed by atoms with Gasteiger partial charge in [0.15, 0.2) is 0 Å². The highest BCUT2D eigenvalue weighted by molar-refractivity contribution is 14.1. The molecule has 1 aromatic carbocycles. The summed E-state index contributed by atoms with van der Waals surface area (Å²) in [6.07, 6.45) is 1.40. The molecule has 0 aliphatic rings. The quantitative estimate of drug-likeness (QED) is 0.649. The molecule has 0 saturated carbocycles. The summed E-state index contributed by atoms with van der Waals surface area (Å²) in [6.45, 7) is 0. The molecule has 2 rings (SSSR count). The van der Waals surface area contributed by atoms with E-state index in [1.807, 2.05) is 18.2 Å². The number of nitrogens with one attached hydrogen (secondary N) is 1. The molecular weight excluding hydrogens is 341 g/mol. The maximum absolute atomic E-state index is 12.8. The fourth-order valence-corrected chi connectivity index (χ4v) is 2.13. The van der Waals surface area contributed by atoms with Crippen molar-refractivity contribution in [3.8, 4) is 0 Å². The third-order valence-corrected chi connectivity index (χ3v) is 2.92. The summed E-state index contributed by atoms with van der Waals surface area (Å²) < 4.78 is 13.9. The molecule has 1 aromatic heterocycles. The predicted octanol–water partition coefficient (Wildman–Crippen LogP) is 4.22. The van der Waals surface area contributed by atoms with Gasteiger partial charge in [-0.1, -0.05) is 11.6 Å². The van der Waals surface area contributed by atoms with Crippen LogP contribution in [0.25, 0.3) is 0 Å². The summed E-state index contributed by atoms with van der Waals surface area (Å²) in [4.78, 5) is 3.48. The van der Waals surface area contributed by atoms with Crippen molar-refractivity contribution in [1.82, 2.24) is 4.98 Å². The van der Waals surface area contributed by atoms with Crippen molar-refractivity contribution in [3.63, 3.8) is 0 Å². The number of pyridine rings is 1. The topological polar surface area (TPSA) is 24.9 Å². The molecule has 0 radical (unpaired) electrons. The van der Waals surface area contributed by atoms with Gasteiger partial charge in [-0.15, -0.1) is 0 Å². The molecule has 0 aliphatic carbocycles. The maximum Gasteiger partial charge on any atom is 0.214 e. The van der Waals surface area contributed by atoms with Crippen molar-refractivity contribution in [2.24, 2.45) is 0 Å². The molecule has 16 heavy (non-hydrogen) atoms. The number of aromatic nitrogens is 1. The van der Waals surface area contributed by atoms with Crippen LogP contribution in [0.15, 0.2) is 36.5 Å². The van der Waals surface area contributed by atoms with Crippen molar-refractivity contribution >= 4 is 45.6 Å². The lowest BCUT2D eigenvalue weighted by molar-refractivity contribution is 0.584. The highest BCUT2D eigenvalue weighted by atomic mass is 127. The fraction of sp³-hybridized carbons (Fsp3) is 0. The van der Waals surface area contributed by atoms with E-state index in [0.717, 1.165) is 9.26 Å². The lowest BCUT2D eigenvalue weighted by Crippen LogP contribution is -1.93. The zero-order valence-corrected chi connectivity index (χ0v) is 11.0. The first-order valence-corrected chi connectivity index (χ1v) is 5.94. The third kappa shape index (κ3) is 2.82. The van der Waals surface area contributed by atoms with E-state index in [-0.39, 0.29) is 0 Å². The van der Waals surface area contributed by atoms with E-state index < -0.39 is 5.95 Å². The van der Waals surface area contributed by atoms with E-state index in [1.54, 1.807) is 6.07 Å². The molecule has 0 atom stereocenters. The number of hydrogen-bond donors (Lipinski definition) is 1. The van der Waals surface area contributed by atoms with Gasteiger partial charge in [0.25, 0.3) is 0 Å². The summed E-state index contributed by atoms with van der Waals surface area (Å²) in [5, 5.41) is 3.63. The third-order valence-electron chi connectivity index (χ3n) is 1.94. The number of halogens is 3. The largest absolute Gasteiger partial charge is 0.354 e. The summed E-state index contributed by atoms with van der Waals surface area (Å²) in [5.41, 5.74) is 1.36. The Bertz CT molecular complexity index is 519. The molecule has 2 nitrogen and oxygen atoms in total. The van der Waals surface area contributed by atoms with E-state index in [4.69, 9.17) is 11.6 Å².